The number of hydrogen-bond donors (Lipinski definition) is 1. The van der Waals surface area contributed by atoms with E-state index in [2.05, 4.69) is 26.1 Å². The van der Waals surface area contributed by atoms with Gasteiger partial charge in [-0.3, -0.25) is 4.79 Å². The molecule has 0 bridgehead atoms. The zero-order valence-electron chi connectivity index (χ0n) is 13.1. The van der Waals surface area contributed by atoms with Crippen molar-refractivity contribution in [2.24, 2.45) is 0 Å². The van der Waals surface area contributed by atoms with E-state index in [1.165, 1.54) is 0 Å². The summed E-state index contributed by atoms with van der Waals surface area (Å²) < 4.78 is 10.4. The summed E-state index contributed by atoms with van der Waals surface area (Å²) in [7, 11) is -2.16. The summed E-state index contributed by atoms with van der Waals surface area (Å²) in [6.45, 7) is 14.0. The van der Waals surface area contributed by atoms with E-state index in [9.17, 15) is 9.59 Å². The van der Waals surface area contributed by atoms with E-state index in [1.54, 1.807) is 6.92 Å². The van der Waals surface area contributed by atoms with Gasteiger partial charge >= 0.3 is 12.1 Å². The fourth-order valence-electron chi connectivity index (χ4n) is 1.12. The number of hydrogen-bond acceptors (Lipinski definition) is 4. The lowest BCUT2D eigenvalue weighted by Gasteiger charge is -2.36. The molecule has 1 unspecified atom stereocenters. The summed E-state index contributed by atoms with van der Waals surface area (Å²) in [5.74, 6) is -0.373. The first-order valence-electron chi connectivity index (χ1n) is 6.71. The third-order valence-corrected chi connectivity index (χ3v) is 7.75. The Labute approximate surface area is 117 Å². The molecule has 0 spiro atoms. The zero-order valence-corrected chi connectivity index (χ0v) is 14.1. The lowest BCUT2D eigenvalue weighted by molar-refractivity contribution is -0.137. The smallest absolute Gasteiger partial charge is 0.407 e. The number of ether oxygens (including phenoxy) is 1. The number of rotatable bonds is 5. The first kappa shape index (κ1) is 18.0. The molecule has 0 saturated carbocycles. The van der Waals surface area contributed by atoms with Crippen LogP contribution in [0.2, 0.25) is 18.1 Å². The van der Waals surface area contributed by atoms with E-state index in [0.29, 0.717) is 6.42 Å². The second-order valence-corrected chi connectivity index (χ2v) is 10.7. The van der Waals surface area contributed by atoms with E-state index < -0.39 is 20.5 Å². The van der Waals surface area contributed by atoms with E-state index in [-0.39, 0.29) is 17.6 Å². The second-order valence-electron chi connectivity index (χ2n) is 6.01. The van der Waals surface area contributed by atoms with Gasteiger partial charge in [-0.2, -0.15) is 0 Å². The predicted octanol–water partition coefficient (Wildman–Crippen LogP) is 3.06. The van der Waals surface area contributed by atoms with Gasteiger partial charge in [0.2, 0.25) is 0 Å². The maximum Gasteiger partial charge on any atom is 0.407 e. The maximum atomic E-state index is 12.1. The normalized spacial score (nSPS) is 13.6. The Kier molecular flexibility index (Phi) is 6.55. The Hall–Kier alpha value is -1.04. The number of carbonyl (C=O) groups excluding carboxylic acids is 2. The molecule has 0 aliphatic heterocycles. The summed E-state index contributed by atoms with van der Waals surface area (Å²) in [5.41, 5.74) is 0. The quantitative estimate of drug-likeness (QED) is 0.790. The van der Waals surface area contributed by atoms with Gasteiger partial charge in [-0.25, -0.2) is 4.79 Å². The van der Waals surface area contributed by atoms with Crippen LogP contribution in [0.3, 0.4) is 0 Å². The molecule has 0 radical (unpaired) electrons. The van der Waals surface area contributed by atoms with E-state index in [4.69, 9.17) is 9.16 Å². The number of alkyl carbamates (subject to hydrolysis) is 1. The first-order chi connectivity index (χ1) is 8.55. The minimum atomic E-state index is -2.16. The van der Waals surface area contributed by atoms with E-state index in [0.717, 1.165) is 0 Å². The molecule has 1 N–H and O–H groups in total. The Bertz CT molecular complexity index is 323. The highest BCUT2D eigenvalue weighted by Crippen LogP contribution is 2.36. The molecule has 0 rings (SSSR count). The fourth-order valence-corrected chi connectivity index (χ4v) is 2.07. The zero-order chi connectivity index (χ0) is 15.3. The molecule has 1 amide bonds. The Morgan fingerprint density at radius 1 is 1.21 bits per heavy atom. The first-order valence-corrected chi connectivity index (χ1v) is 9.62. The van der Waals surface area contributed by atoms with Crippen molar-refractivity contribution >= 4 is 20.4 Å². The van der Waals surface area contributed by atoms with Gasteiger partial charge in [-0.15, -0.1) is 0 Å². The van der Waals surface area contributed by atoms with E-state index >= 15 is 0 Å². The molecular weight excluding hydrogens is 262 g/mol. The number of nitrogens with one attached hydrogen (secondary N) is 1. The van der Waals surface area contributed by atoms with Crippen molar-refractivity contribution in [2.75, 3.05) is 6.61 Å². The van der Waals surface area contributed by atoms with Crippen LogP contribution in [-0.4, -0.2) is 33.0 Å². The Balaban J connectivity index is 4.65. The van der Waals surface area contributed by atoms with Gasteiger partial charge in [-0.05, 0) is 31.5 Å². The second kappa shape index (κ2) is 6.93. The largest absolute Gasteiger partial charge is 0.518 e. The lowest BCUT2D eigenvalue weighted by atomic mass is 10.2. The van der Waals surface area contributed by atoms with Gasteiger partial charge in [0.15, 0.2) is 0 Å². The van der Waals surface area contributed by atoms with Crippen molar-refractivity contribution in [1.82, 2.24) is 5.32 Å². The van der Waals surface area contributed by atoms with Crippen molar-refractivity contribution in [1.29, 1.82) is 0 Å². The highest BCUT2D eigenvalue weighted by Gasteiger charge is 2.41. The molecule has 6 heteroatoms. The summed E-state index contributed by atoms with van der Waals surface area (Å²) >= 11 is 0. The molecule has 0 fully saturated rings. The van der Waals surface area contributed by atoms with Gasteiger partial charge in [0.05, 0.1) is 6.61 Å². The highest BCUT2D eigenvalue weighted by molar-refractivity contribution is 6.75. The average Bonchev–Trinajstić information content (AvgIpc) is 2.23. The van der Waals surface area contributed by atoms with Gasteiger partial charge in [-0.1, -0.05) is 27.7 Å². The van der Waals surface area contributed by atoms with Crippen LogP contribution in [-0.2, 0) is 14.0 Å². The molecule has 0 aromatic carbocycles. The summed E-state index contributed by atoms with van der Waals surface area (Å²) in [5, 5.41) is 2.48. The molecule has 0 heterocycles. The molecule has 5 nitrogen and oxygen atoms in total. The van der Waals surface area contributed by atoms with Crippen LogP contribution in [0.5, 0.6) is 0 Å². The fraction of sp³-hybridized carbons (Fsp3) is 0.846. The molecular formula is C13H27NO4Si. The van der Waals surface area contributed by atoms with Crippen LogP contribution < -0.4 is 5.32 Å². The van der Waals surface area contributed by atoms with Crippen LogP contribution in [0.4, 0.5) is 4.79 Å². The van der Waals surface area contributed by atoms with Crippen LogP contribution in [0.15, 0.2) is 0 Å². The van der Waals surface area contributed by atoms with Crippen molar-refractivity contribution < 1.29 is 18.8 Å². The van der Waals surface area contributed by atoms with Crippen LogP contribution >= 0.6 is 0 Å². The number of carbonyl (C=O) groups is 2. The molecule has 0 saturated heterocycles. The molecule has 19 heavy (non-hydrogen) atoms. The van der Waals surface area contributed by atoms with Crippen molar-refractivity contribution in [3.05, 3.63) is 0 Å². The summed E-state index contributed by atoms with van der Waals surface area (Å²) in [6.07, 6.45) is -0.103. The van der Waals surface area contributed by atoms with Gasteiger partial charge in [0, 0.05) is 0 Å². The average molecular weight is 289 g/mol. The van der Waals surface area contributed by atoms with Crippen LogP contribution in [0.1, 0.15) is 41.0 Å². The van der Waals surface area contributed by atoms with Crippen LogP contribution in [0, 0.1) is 0 Å². The molecule has 0 aliphatic rings. The number of amides is 1. The van der Waals surface area contributed by atoms with E-state index in [1.807, 2.05) is 20.0 Å². The topological polar surface area (TPSA) is 64.6 Å². The highest BCUT2D eigenvalue weighted by atomic mass is 28.4. The third kappa shape index (κ3) is 5.63. The van der Waals surface area contributed by atoms with Gasteiger partial charge in [0.25, 0.3) is 8.32 Å². The Morgan fingerprint density at radius 3 is 2.11 bits per heavy atom. The van der Waals surface area contributed by atoms with Crippen molar-refractivity contribution in [3.63, 3.8) is 0 Å². The molecule has 112 valence electrons. The Morgan fingerprint density at radius 2 is 1.74 bits per heavy atom. The third-order valence-electron chi connectivity index (χ3n) is 3.42. The van der Waals surface area contributed by atoms with Gasteiger partial charge in [0.1, 0.15) is 6.04 Å². The van der Waals surface area contributed by atoms with Crippen molar-refractivity contribution in [3.8, 4) is 0 Å². The maximum absolute atomic E-state index is 12.1. The van der Waals surface area contributed by atoms with Crippen LogP contribution in [0.25, 0.3) is 0 Å². The molecule has 1 atom stereocenters. The van der Waals surface area contributed by atoms with Gasteiger partial charge < -0.3 is 14.5 Å². The summed E-state index contributed by atoms with van der Waals surface area (Å²) in [6, 6.07) is -0.645. The monoisotopic (exact) mass is 289 g/mol. The standard InChI is InChI=1S/C13H27NO4Si/c1-8-10(14-12(16)17-9-2)11(15)18-19(6,7)13(3,4)5/h10H,8-9H2,1-7H3,(H,14,16). The van der Waals surface area contributed by atoms with Crippen molar-refractivity contribution in [2.45, 2.75) is 65.2 Å². The lowest BCUT2D eigenvalue weighted by Crippen LogP contribution is -2.49. The SMILES string of the molecule is CCOC(=O)NC(CC)C(=O)O[Si](C)(C)C(C)(C)C. The molecule has 0 aromatic heterocycles. The predicted molar refractivity (Wildman–Crippen MR) is 77.5 cm³/mol. The minimum absolute atomic E-state index is 0.0507. The molecule has 0 aromatic rings. The minimum Gasteiger partial charge on any atom is -0.518 e. The molecule has 0 aliphatic carbocycles. The summed E-state index contributed by atoms with van der Waals surface area (Å²) in [4.78, 5) is 23.5.